The molecule has 5 nitrogen and oxygen atoms in total. The quantitative estimate of drug-likeness (QED) is 0.894. The van der Waals surface area contributed by atoms with Gasteiger partial charge in [0.1, 0.15) is 6.54 Å². The largest absolute Gasteiger partial charge is 0.348 e. The molecule has 6 heteroatoms. The molecule has 23 heavy (non-hydrogen) atoms. The van der Waals surface area contributed by atoms with E-state index in [-0.39, 0.29) is 35.8 Å². The summed E-state index contributed by atoms with van der Waals surface area (Å²) in [6, 6.07) is 8.84. The minimum atomic E-state index is -0.244. The van der Waals surface area contributed by atoms with Crippen molar-refractivity contribution in [2.75, 3.05) is 6.54 Å². The van der Waals surface area contributed by atoms with Crippen LogP contribution in [0.15, 0.2) is 41.3 Å². The molecule has 3 rings (SSSR count). The summed E-state index contributed by atoms with van der Waals surface area (Å²) in [4.78, 5) is 24.3. The first-order valence-electron chi connectivity index (χ1n) is 7.73. The van der Waals surface area contributed by atoms with Gasteiger partial charge in [0.05, 0.1) is 11.1 Å². The topological polar surface area (TPSA) is 77.1 Å². The van der Waals surface area contributed by atoms with Crippen molar-refractivity contribution in [3.8, 4) is 0 Å². The van der Waals surface area contributed by atoms with Crippen LogP contribution in [0.1, 0.15) is 25.7 Å². The highest BCUT2D eigenvalue weighted by molar-refractivity contribution is 5.85. The second kappa shape index (κ2) is 7.15. The molecule has 1 fully saturated rings. The lowest BCUT2D eigenvalue weighted by Gasteiger charge is -2.29. The Morgan fingerprint density at radius 2 is 1.91 bits per heavy atom. The molecule has 1 heterocycles. The fraction of sp³-hybridized carbons (Fsp3) is 0.412. The predicted octanol–water partition coefficient (Wildman–Crippen LogP) is 1.81. The number of hydrogen-bond acceptors (Lipinski definition) is 3. The van der Waals surface area contributed by atoms with Gasteiger partial charge in [0.15, 0.2) is 5.43 Å². The first-order chi connectivity index (χ1) is 10.6. The smallest absolute Gasteiger partial charge is 0.240 e. The molecular formula is C17H22ClN3O2. The van der Waals surface area contributed by atoms with Gasteiger partial charge in [-0.25, -0.2) is 0 Å². The van der Waals surface area contributed by atoms with Crippen LogP contribution in [0.4, 0.5) is 0 Å². The summed E-state index contributed by atoms with van der Waals surface area (Å²) < 4.78 is 1.81. The lowest BCUT2D eigenvalue weighted by Crippen LogP contribution is -2.52. The van der Waals surface area contributed by atoms with Crippen LogP contribution in [0.5, 0.6) is 0 Å². The Morgan fingerprint density at radius 3 is 2.61 bits per heavy atom. The van der Waals surface area contributed by atoms with Crippen molar-refractivity contribution in [1.29, 1.82) is 0 Å². The van der Waals surface area contributed by atoms with Gasteiger partial charge in [-0.05, 0) is 25.0 Å². The van der Waals surface area contributed by atoms with Gasteiger partial charge in [0, 0.05) is 24.2 Å². The molecule has 0 unspecified atom stereocenters. The molecule has 0 saturated heterocycles. The molecule has 1 aliphatic rings. The Hall–Kier alpha value is -1.85. The Morgan fingerprint density at radius 1 is 1.22 bits per heavy atom. The summed E-state index contributed by atoms with van der Waals surface area (Å²) in [5, 5.41) is 3.74. The number of hydrogen-bond donors (Lipinski definition) is 2. The van der Waals surface area contributed by atoms with Gasteiger partial charge in [0.2, 0.25) is 5.91 Å². The van der Waals surface area contributed by atoms with Gasteiger partial charge >= 0.3 is 0 Å². The number of benzene rings is 1. The van der Waals surface area contributed by atoms with E-state index in [1.165, 1.54) is 6.07 Å². The Labute approximate surface area is 141 Å². The van der Waals surface area contributed by atoms with Crippen LogP contribution in [0.25, 0.3) is 10.9 Å². The van der Waals surface area contributed by atoms with Gasteiger partial charge in [-0.2, -0.15) is 0 Å². The zero-order valence-corrected chi connectivity index (χ0v) is 13.8. The van der Waals surface area contributed by atoms with E-state index in [1.807, 2.05) is 22.8 Å². The van der Waals surface area contributed by atoms with E-state index in [4.69, 9.17) is 5.73 Å². The maximum atomic E-state index is 12.4. The molecule has 0 radical (unpaired) electrons. The Bertz CT molecular complexity index is 751. The third-order valence-electron chi connectivity index (χ3n) is 4.55. The summed E-state index contributed by atoms with van der Waals surface area (Å²) in [5.41, 5.74) is 6.36. The number of aromatic nitrogens is 1. The fourth-order valence-electron chi connectivity index (χ4n) is 3.32. The molecule has 1 amide bonds. The summed E-state index contributed by atoms with van der Waals surface area (Å²) in [6.45, 7) is 0.673. The van der Waals surface area contributed by atoms with Gasteiger partial charge in [-0.3, -0.25) is 9.59 Å². The molecule has 0 spiro atoms. The highest BCUT2D eigenvalue weighted by atomic mass is 35.5. The molecule has 0 aliphatic heterocycles. The minimum absolute atomic E-state index is 0. The van der Waals surface area contributed by atoms with Crippen molar-refractivity contribution in [2.24, 2.45) is 5.73 Å². The molecule has 1 aliphatic carbocycles. The number of carbonyl (C=O) groups excluding carboxylic acids is 1. The van der Waals surface area contributed by atoms with Crippen molar-refractivity contribution in [2.45, 2.75) is 37.8 Å². The number of nitrogens with one attached hydrogen (secondary N) is 1. The molecule has 0 bridgehead atoms. The van der Waals surface area contributed by atoms with E-state index in [9.17, 15) is 9.59 Å². The zero-order chi connectivity index (χ0) is 15.6. The number of rotatable bonds is 4. The van der Waals surface area contributed by atoms with Crippen molar-refractivity contribution in [3.63, 3.8) is 0 Å². The van der Waals surface area contributed by atoms with Gasteiger partial charge < -0.3 is 15.6 Å². The lowest BCUT2D eigenvalue weighted by atomic mass is 9.98. The number of nitrogens with zero attached hydrogens (tertiary/aromatic N) is 1. The van der Waals surface area contributed by atoms with Crippen LogP contribution in [0, 0.1) is 0 Å². The van der Waals surface area contributed by atoms with Crippen LogP contribution in [-0.4, -0.2) is 22.6 Å². The van der Waals surface area contributed by atoms with E-state index < -0.39 is 0 Å². The molecular weight excluding hydrogens is 314 g/mol. The van der Waals surface area contributed by atoms with E-state index in [1.54, 1.807) is 12.3 Å². The van der Waals surface area contributed by atoms with Crippen LogP contribution in [-0.2, 0) is 11.3 Å². The van der Waals surface area contributed by atoms with Crippen molar-refractivity contribution < 1.29 is 4.79 Å². The van der Waals surface area contributed by atoms with Crippen molar-refractivity contribution >= 4 is 29.2 Å². The standard InChI is InChI=1S/C17H21N3O2.ClH/c18-12-17(8-3-4-9-17)19-16(22)11-20-10-7-15(21)13-5-1-2-6-14(13)20;/h1-2,5-7,10H,3-4,8-9,11-12,18H2,(H,19,22);1H. The van der Waals surface area contributed by atoms with Crippen LogP contribution in [0.2, 0.25) is 0 Å². The Balaban J connectivity index is 0.00000192. The number of amides is 1. The highest BCUT2D eigenvalue weighted by Crippen LogP contribution is 2.28. The lowest BCUT2D eigenvalue weighted by molar-refractivity contribution is -0.123. The average molecular weight is 336 g/mol. The van der Waals surface area contributed by atoms with E-state index in [0.717, 1.165) is 31.2 Å². The monoisotopic (exact) mass is 335 g/mol. The number of halogens is 1. The number of carbonyl (C=O) groups is 1. The highest BCUT2D eigenvalue weighted by Gasteiger charge is 2.33. The molecule has 0 atom stereocenters. The molecule has 1 saturated carbocycles. The normalized spacial score (nSPS) is 16.0. The summed E-state index contributed by atoms with van der Waals surface area (Å²) in [7, 11) is 0. The van der Waals surface area contributed by atoms with E-state index in [0.29, 0.717) is 11.9 Å². The third kappa shape index (κ3) is 3.57. The van der Waals surface area contributed by atoms with E-state index >= 15 is 0 Å². The van der Waals surface area contributed by atoms with Crippen LogP contribution < -0.4 is 16.5 Å². The number of para-hydroxylation sites is 1. The van der Waals surface area contributed by atoms with Crippen molar-refractivity contribution in [1.82, 2.24) is 9.88 Å². The van der Waals surface area contributed by atoms with Gasteiger partial charge in [-0.1, -0.05) is 25.0 Å². The fourth-order valence-corrected chi connectivity index (χ4v) is 3.32. The van der Waals surface area contributed by atoms with Crippen LogP contribution >= 0.6 is 12.4 Å². The van der Waals surface area contributed by atoms with Crippen LogP contribution in [0.3, 0.4) is 0 Å². The maximum Gasteiger partial charge on any atom is 0.240 e. The second-order valence-corrected chi connectivity index (χ2v) is 6.06. The molecule has 1 aromatic carbocycles. The number of nitrogens with two attached hydrogens (primary N) is 1. The SMILES string of the molecule is Cl.NCC1(NC(=O)Cn2ccc(=O)c3ccccc32)CCCC1. The molecule has 3 N–H and O–H groups in total. The minimum Gasteiger partial charge on any atom is -0.348 e. The Kier molecular flexibility index (Phi) is 5.44. The van der Waals surface area contributed by atoms with Gasteiger partial charge in [0.25, 0.3) is 0 Å². The summed E-state index contributed by atoms with van der Waals surface area (Å²) in [5.74, 6) is -0.0545. The predicted molar refractivity (Wildman–Crippen MR) is 93.9 cm³/mol. The second-order valence-electron chi connectivity index (χ2n) is 6.06. The van der Waals surface area contributed by atoms with Gasteiger partial charge in [-0.15, -0.1) is 12.4 Å². The average Bonchev–Trinajstić information content (AvgIpc) is 2.99. The summed E-state index contributed by atoms with van der Waals surface area (Å²) >= 11 is 0. The first kappa shape index (κ1) is 17.5. The summed E-state index contributed by atoms with van der Waals surface area (Å²) in [6.07, 6.45) is 5.78. The van der Waals surface area contributed by atoms with E-state index in [2.05, 4.69) is 5.32 Å². The molecule has 1 aromatic heterocycles. The number of fused-ring (bicyclic) bond motifs is 1. The number of pyridine rings is 1. The third-order valence-corrected chi connectivity index (χ3v) is 4.55. The first-order valence-corrected chi connectivity index (χ1v) is 7.73. The molecule has 2 aromatic rings. The molecule has 124 valence electrons. The maximum absolute atomic E-state index is 12.4. The zero-order valence-electron chi connectivity index (χ0n) is 13.0. The van der Waals surface area contributed by atoms with Crippen molar-refractivity contribution in [3.05, 3.63) is 46.8 Å².